The highest BCUT2D eigenvalue weighted by molar-refractivity contribution is 5.91. The maximum Gasteiger partial charge on any atom is 0.289 e. The number of furan rings is 1. The van der Waals surface area contributed by atoms with Crippen LogP contribution in [0.25, 0.3) is 0 Å². The van der Waals surface area contributed by atoms with Crippen molar-refractivity contribution in [3.8, 4) is 11.5 Å². The zero-order chi connectivity index (χ0) is 20.8. The molecule has 2 aromatic rings. The molecule has 1 saturated heterocycles. The van der Waals surface area contributed by atoms with Crippen molar-refractivity contribution >= 4 is 11.8 Å². The van der Waals surface area contributed by atoms with E-state index in [9.17, 15) is 9.59 Å². The van der Waals surface area contributed by atoms with Crippen LogP contribution in [0.4, 0.5) is 0 Å². The third kappa shape index (κ3) is 4.89. The van der Waals surface area contributed by atoms with E-state index in [0.29, 0.717) is 50.0 Å². The Bertz CT molecular complexity index is 829. The molecular formula is C21H27N3O5. The monoisotopic (exact) mass is 401 g/mol. The van der Waals surface area contributed by atoms with Crippen LogP contribution in [-0.2, 0) is 11.3 Å². The molecule has 1 aromatic carbocycles. The number of nitrogens with one attached hydrogen (secondary N) is 1. The second-order valence-corrected chi connectivity index (χ2v) is 6.89. The zero-order valence-electron chi connectivity index (χ0n) is 17.0. The summed E-state index contributed by atoms with van der Waals surface area (Å²) in [5, 5.41) is 2.97. The normalized spacial score (nSPS) is 15.6. The van der Waals surface area contributed by atoms with Gasteiger partial charge in [0.05, 0.1) is 26.5 Å². The van der Waals surface area contributed by atoms with Crippen molar-refractivity contribution in [2.45, 2.75) is 19.5 Å². The molecule has 156 valence electrons. The topological polar surface area (TPSA) is 84.3 Å². The fourth-order valence-electron chi connectivity index (χ4n) is 3.36. The van der Waals surface area contributed by atoms with Crippen molar-refractivity contribution in [3.05, 3.63) is 47.9 Å². The molecule has 1 aromatic heterocycles. The van der Waals surface area contributed by atoms with Crippen LogP contribution in [0.15, 0.2) is 41.0 Å². The standard InChI is InChI=1S/C21H27N3O5/c1-15(20(25)22-14-16-6-7-17(27-2)19(13-16)28-3)23-8-10-24(11-9-23)21(26)18-5-4-12-29-18/h4-7,12-13,15H,8-11,14H2,1-3H3,(H,22,25)/t15-/m0/s1. The molecule has 8 nitrogen and oxygen atoms in total. The maximum absolute atomic E-state index is 12.6. The molecule has 29 heavy (non-hydrogen) atoms. The predicted octanol–water partition coefficient (Wildman–Crippen LogP) is 1.76. The number of ether oxygens (including phenoxy) is 2. The lowest BCUT2D eigenvalue weighted by molar-refractivity contribution is -0.126. The van der Waals surface area contributed by atoms with Gasteiger partial charge < -0.3 is 24.1 Å². The molecule has 0 radical (unpaired) electrons. The van der Waals surface area contributed by atoms with Gasteiger partial charge in [-0.3, -0.25) is 14.5 Å². The number of hydrogen-bond acceptors (Lipinski definition) is 6. The van der Waals surface area contributed by atoms with Gasteiger partial charge in [0.2, 0.25) is 5.91 Å². The largest absolute Gasteiger partial charge is 0.493 e. The number of rotatable bonds is 7. The fourth-order valence-corrected chi connectivity index (χ4v) is 3.36. The average Bonchev–Trinajstić information content (AvgIpc) is 3.31. The Hall–Kier alpha value is -3.00. The molecule has 3 rings (SSSR count). The fraction of sp³-hybridized carbons (Fsp3) is 0.429. The van der Waals surface area contributed by atoms with Gasteiger partial charge in [0.25, 0.3) is 5.91 Å². The number of carbonyl (C=O) groups excluding carboxylic acids is 2. The van der Waals surface area contributed by atoms with Gasteiger partial charge in [-0.15, -0.1) is 0 Å². The summed E-state index contributed by atoms with van der Waals surface area (Å²) in [4.78, 5) is 28.8. The van der Waals surface area contributed by atoms with Gasteiger partial charge >= 0.3 is 0 Å². The minimum absolute atomic E-state index is 0.0504. The van der Waals surface area contributed by atoms with Crippen molar-refractivity contribution in [3.63, 3.8) is 0 Å². The number of benzene rings is 1. The summed E-state index contributed by atoms with van der Waals surface area (Å²) in [6, 6.07) is 8.65. The van der Waals surface area contributed by atoms with Gasteiger partial charge in [-0.2, -0.15) is 0 Å². The number of carbonyl (C=O) groups is 2. The highest BCUT2D eigenvalue weighted by Gasteiger charge is 2.28. The highest BCUT2D eigenvalue weighted by Crippen LogP contribution is 2.27. The first-order valence-electron chi connectivity index (χ1n) is 9.59. The molecule has 1 atom stereocenters. The molecule has 0 aliphatic carbocycles. The van der Waals surface area contributed by atoms with Gasteiger partial charge in [-0.05, 0) is 36.8 Å². The van der Waals surface area contributed by atoms with Crippen LogP contribution in [0.1, 0.15) is 23.0 Å². The lowest BCUT2D eigenvalue weighted by atomic mass is 10.1. The SMILES string of the molecule is COc1ccc(CNC(=O)[C@H](C)N2CCN(C(=O)c3ccco3)CC2)cc1OC. The Morgan fingerprint density at radius 3 is 2.45 bits per heavy atom. The number of piperazine rings is 1. The van der Waals surface area contributed by atoms with Crippen molar-refractivity contribution < 1.29 is 23.5 Å². The Morgan fingerprint density at radius 1 is 1.10 bits per heavy atom. The first kappa shape index (κ1) is 20.7. The summed E-state index contributed by atoms with van der Waals surface area (Å²) in [6.45, 7) is 4.68. The van der Waals surface area contributed by atoms with Crippen LogP contribution in [0.5, 0.6) is 11.5 Å². The molecule has 8 heteroatoms. The highest BCUT2D eigenvalue weighted by atomic mass is 16.5. The van der Waals surface area contributed by atoms with E-state index in [1.165, 1.54) is 6.26 Å². The molecule has 2 heterocycles. The van der Waals surface area contributed by atoms with Gasteiger partial charge in [-0.25, -0.2) is 0 Å². The molecule has 2 amide bonds. The Kier molecular flexibility index (Phi) is 6.77. The van der Waals surface area contributed by atoms with E-state index in [0.717, 1.165) is 5.56 Å². The van der Waals surface area contributed by atoms with Gasteiger partial charge in [-0.1, -0.05) is 6.07 Å². The second kappa shape index (κ2) is 9.47. The molecule has 0 unspecified atom stereocenters. The van der Waals surface area contributed by atoms with E-state index in [2.05, 4.69) is 10.2 Å². The second-order valence-electron chi connectivity index (χ2n) is 6.89. The Labute approximate surface area is 170 Å². The van der Waals surface area contributed by atoms with Crippen molar-refractivity contribution in [2.75, 3.05) is 40.4 Å². The zero-order valence-corrected chi connectivity index (χ0v) is 17.0. The van der Waals surface area contributed by atoms with Crippen LogP contribution in [-0.4, -0.2) is 68.1 Å². The molecule has 0 spiro atoms. The summed E-state index contributed by atoms with van der Waals surface area (Å²) in [5.74, 6) is 1.47. The smallest absolute Gasteiger partial charge is 0.289 e. The summed E-state index contributed by atoms with van der Waals surface area (Å²) in [7, 11) is 3.17. The van der Waals surface area contributed by atoms with E-state index < -0.39 is 0 Å². The maximum atomic E-state index is 12.6. The molecule has 1 N–H and O–H groups in total. The van der Waals surface area contributed by atoms with E-state index in [4.69, 9.17) is 13.9 Å². The van der Waals surface area contributed by atoms with Crippen molar-refractivity contribution in [1.82, 2.24) is 15.1 Å². The Morgan fingerprint density at radius 2 is 1.83 bits per heavy atom. The van der Waals surface area contributed by atoms with Crippen LogP contribution >= 0.6 is 0 Å². The first-order chi connectivity index (χ1) is 14.0. The minimum atomic E-state index is -0.281. The molecule has 1 fully saturated rings. The lowest BCUT2D eigenvalue weighted by Gasteiger charge is -2.37. The summed E-state index contributed by atoms with van der Waals surface area (Å²) >= 11 is 0. The minimum Gasteiger partial charge on any atom is -0.493 e. The molecule has 1 aliphatic rings. The van der Waals surface area contributed by atoms with Crippen LogP contribution in [0.3, 0.4) is 0 Å². The van der Waals surface area contributed by atoms with Crippen molar-refractivity contribution in [2.24, 2.45) is 0 Å². The summed E-state index contributed by atoms with van der Waals surface area (Å²) in [5.41, 5.74) is 0.928. The van der Waals surface area contributed by atoms with E-state index in [-0.39, 0.29) is 17.9 Å². The van der Waals surface area contributed by atoms with E-state index in [1.807, 2.05) is 25.1 Å². The molecule has 1 aliphatic heterocycles. The molecule has 0 bridgehead atoms. The van der Waals surface area contributed by atoms with Crippen molar-refractivity contribution in [1.29, 1.82) is 0 Å². The van der Waals surface area contributed by atoms with Crippen LogP contribution < -0.4 is 14.8 Å². The third-order valence-electron chi connectivity index (χ3n) is 5.18. The molecular weight excluding hydrogens is 374 g/mol. The number of methoxy groups -OCH3 is 2. The summed E-state index contributed by atoms with van der Waals surface area (Å²) in [6.07, 6.45) is 1.49. The predicted molar refractivity (Wildman–Crippen MR) is 107 cm³/mol. The van der Waals surface area contributed by atoms with E-state index >= 15 is 0 Å². The van der Waals surface area contributed by atoms with Crippen LogP contribution in [0.2, 0.25) is 0 Å². The lowest BCUT2D eigenvalue weighted by Crippen LogP contribution is -2.54. The third-order valence-corrected chi connectivity index (χ3v) is 5.18. The van der Waals surface area contributed by atoms with Crippen LogP contribution in [0, 0.1) is 0 Å². The number of nitrogens with zero attached hydrogens (tertiary/aromatic N) is 2. The number of hydrogen-bond donors (Lipinski definition) is 1. The quantitative estimate of drug-likeness (QED) is 0.761. The van der Waals surface area contributed by atoms with Gasteiger partial charge in [0.1, 0.15) is 0 Å². The van der Waals surface area contributed by atoms with Gasteiger partial charge in [0, 0.05) is 32.7 Å². The first-order valence-corrected chi connectivity index (χ1v) is 9.59. The Balaban J connectivity index is 1.49. The average molecular weight is 401 g/mol. The van der Waals surface area contributed by atoms with Gasteiger partial charge in [0.15, 0.2) is 17.3 Å². The summed E-state index contributed by atoms with van der Waals surface area (Å²) < 4.78 is 15.7. The number of amides is 2. The molecule has 0 saturated carbocycles. The van der Waals surface area contributed by atoms with E-state index in [1.54, 1.807) is 31.3 Å².